The lowest BCUT2D eigenvalue weighted by atomic mass is 9.85. The second-order valence-corrected chi connectivity index (χ2v) is 6.65. The van der Waals surface area contributed by atoms with Crippen LogP contribution in [0.4, 0.5) is 0 Å². The number of hydrogen-bond acceptors (Lipinski definition) is 2. The van der Waals surface area contributed by atoms with Gasteiger partial charge in [0.25, 0.3) is 5.91 Å². The summed E-state index contributed by atoms with van der Waals surface area (Å²) in [6.45, 7) is 8.98. The van der Waals surface area contributed by atoms with Crippen LogP contribution >= 0.6 is 22.6 Å². The van der Waals surface area contributed by atoms with Crippen molar-refractivity contribution in [3.8, 4) is 0 Å². The molecule has 0 fully saturated rings. The molecule has 0 atom stereocenters. The summed E-state index contributed by atoms with van der Waals surface area (Å²) in [7, 11) is 0. The summed E-state index contributed by atoms with van der Waals surface area (Å²) < 4.78 is 0.944. The molecule has 0 aromatic heterocycles. The van der Waals surface area contributed by atoms with Gasteiger partial charge in [-0.25, -0.2) is 0 Å². The van der Waals surface area contributed by atoms with Crippen molar-refractivity contribution in [2.75, 3.05) is 0 Å². The minimum atomic E-state index is -0.988. The molecular formula is C14H20INO2. The van der Waals surface area contributed by atoms with Crippen molar-refractivity contribution >= 4 is 28.5 Å². The first-order valence-corrected chi connectivity index (χ1v) is 6.94. The average molecular weight is 361 g/mol. The molecule has 1 aromatic carbocycles. The first kappa shape index (κ1) is 15.4. The molecule has 3 nitrogen and oxygen atoms in total. The number of carbonyl (C=O) groups excluding carboxylic acids is 1. The van der Waals surface area contributed by atoms with Gasteiger partial charge in [-0.3, -0.25) is 4.79 Å². The Hall–Kier alpha value is -0.620. The summed E-state index contributed by atoms with van der Waals surface area (Å²) >= 11 is 2.17. The first-order valence-electron chi connectivity index (χ1n) is 5.86. The molecule has 2 N–H and O–H groups in total. The predicted molar refractivity (Wildman–Crippen MR) is 81.7 cm³/mol. The maximum Gasteiger partial charge on any atom is 0.252 e. The fourth-order valence-electron chi connectivity index (χ4n) is 1.33. The Balaban J connectivity index is 3.00. The number of hydrogen-bond donors (Lipinski definition) is 2. The average Bonchev–Trinajstić information content (AvgIpc) is 2.19. The Bertz CT molecular complexity index is 461. The first-order chi connectivity index (χ1) is 8.06. The predicted octanol–water partition coefficient (Wildman–Crippen LogP) is 2.88. The Morgan fingerprint density at radius 1 is 1.28 bits per heavy atom. The highest BCUT2D eigenvalue weighted by molar-refractivity contribution is 14.1. The number of rotatable bonds is 3. The van der Waals surface area contributed by atoms with Crippen LogP contribution in [-0.2, 0) is 0 Å². The lowest BCUT2D eigenvalue weighted by Crippen LogP contribution is -2.57. The van der Waals surface area contributed by atoms with E-state index in [4.69, 9.17) is 0 Å². The van der Waals surface area contributed by atoms with Gasteiger partial charge in [-0.05, 0) is 68.8 Å². The van der Waals surface area contributed by atoms with Crippen molar-refractivity contribution in [1.29, 1.82) is 0 Å². The van der Waals surface area contributed by atoms with Gasteiger partial charge in [-0.15, -0.1) is 0 Å². The van der Waals surface area contributed by atoms with E-state index in [1.165, 1.54) is 0 Å². The molecule has 1 aromatic rings. The maximum atomic E-state index is 12.3. The van der Waals surface area contributed by atoms with E-state index in [1.54, 1.807) is 19.9 Å². The normalized spacial score (nSPS) is 12.4. The van der Waals surface area contributed by atoms with Crippen LogP contribution in [0.3, 0.4) is 0 Å². The van der Waals surface area contributed by atoms with E-state index in [0.717, 1.165) is 9.13 Å². The zero-order valence-electron chi connectivity index (χ0n) is 11.5. The molecule has 1 amide bonds. The summed E-state index contributed by atoms with van der Waals surface area (Å²) in [6, 6.07) is 5.63. The fraction of sp³-hybridized carbons (Fsp3) is 0.500. The van der Waals surface area contributed by atoms with Crippen LogP contribution in [0, 0.1) is 10.5 Å². The highest BCUT2D eigenvalue weighted by Crippen LogP contribution is 2.22. The number of amides is 1. The summed E-state index contributed by atoms with van der Waals surface area (Å²) in [5.74, 6) is -0.157. The van der Waals surface area contributed by atoms with Crippen LogP contribution < -0.4 is 5.32 Å². The third kappa shape index (κ3) is 3.23. The number of nitrogens with one attached hydrogen (secondary N) is 1. The van der Waals surface area contributed by atoms with E-state index in [2.05, 4.69) is 27.9 Å². The molecule has 0 heterocycles. The van der Waals surface area contributed by atoms with Crippen molar-refractivity contribution < 1.29 is 9.90 Å². The standard InChI is InChI=1S/C14H20INO2/c1-9-7-6-8-10(11(9)15)12(17)16-13(2,3)14(4,5)18/h6-8,18H,1-5H3,(H,16,17). The van der Waals surface area contributed by atoms with Crippen LogP contribution in [0.25, 0.3) is 0 Å². The third-order valence-corrected chi connectivity index (χ3v) is 4.82. The Morgan fingerprint density at radius 2 is 1.83 bits per heavy atom. The van der Waals surface area contributed by atoms with Gasteiger partial charge >= 0.3 is 0 Å². The summed E-state index contributed by atoms with van der Waals surface area (Å²) in [5.41, 5.74) is 0.0340. The molecule has 0 aliphatic rings. The van der Waals surface area contributed by atoms with Gasteiger partial charge in [0.15, 0.2) is 0 Å². The highest BCUT2D eigenvalue weighted by atomic mass is 127. The molecule has 18 heavy (non-hydrogen) atoms. The van der Waals surface area contributed by atoms with Crippen molar-refractivity contribution in [1.82, 2.24) is 5.32 Å². The van der Waals surface area contributed by atoms with Crippen molar-refractivity contribution in [3.63, 3.8) is 0 Å². The van der Waals surface area contributed by atoms with Crippen LogP contribution in [0.15, 0.2) is 18.2 Å². The minimum absolute atomic E-state index is 0.157. The molecule has 1 rings (SSSR count). The van der Waals surface area contributed by atoms with Crippen molar-refractivity contribution in [3.05, 3.63) is 32.9 Å². The van der Waals surface area contributed by atoms with E-state index in [9.17, 15) is 9.90 Å². The Morgan fingerprint density at radius 3 is 2.33 bits per heavy atom. The Kier molecular flexibility index (Phi) is 4.43. The molecule has 0 aliphatic carbocycles. The molecule has 100 valence electrons. The molecule has 0 saturated carbocycles. The van der Waals surface area contributed by atoms with Crippen LogP contribution in [0.1, 0.15) is 43.6 Å². The van der Waals surface area contributed by atoms with Gasteiger partial charge in [0.1, 0.15) is 0 Å². The molecule has 0 spiro atoms. The molecule has 0 bridgehead atoms. The van der Waals surface area contributed by atoms with Crippen molar-refractivity contribution in [2.24, 2.45) is 0 Å². The third-order valence-electron chi connectivity index (χ3n) is 3.39. The number of carbonyl (C=O) groups is 1. The number of aliphatic hydroxyl groups is 1. The van der Waals surface area contributed by atoms with Gasteiger partial charge in [0.05, 0.1) is 16.7 Å². The SMILES string of the molecule is Cc1cccc(C(=O)NC(C)(C)C(C)(C)O)c1I. The van der Waals surface area contributed by atoms with Crippen molar-refractivity contribution in [2.45, 2.75) is 45.8 Å². The van der Waals surface area contributed by atoms with E-state index in [-0.39, 0.29) is 5.91 Å². The van der Waals surface area contributed by atoms with E-state index >= 15 is 0 Å². The molecule has 0 saturated heterocycles. The van der Waals surface area contributed by atoms with Crippen LogP contribution in [0.2, 0.25) is 0 Å². The number of halogens is 1. The number of benzene rings is 1. The zero-order valence-corrected chi connectivity index (χ0v) is 13.6. The monoisotopic (exact) mass is 361 g/mol. The van der Waals surface area contributed by atoms with Gasteiger partial charge in [0.2, 0.25) is 0 Å². The maximum absolute atomic E-state index is 12.3. The van der Waals surface area contributed by atoms with Gasteiger partial charge in [-0.2, -0.15) is 0 Å². The summed E-state index contributed by atoms with van der Waals surface area (Å²) in [5, 5.41) is 12.9. The lowest BCUT2D eigenvalue weighted by Gasteiger charge is -2.38. The topological polar surface area (TPSA) is 49.3 Å². The van der Waals surface area contributed by atoms with Gasteiger partial charge < -0.3 is 10.4 Å². The summed E-state index contributed by atoms with van der Waals surface area (Å²) in [4.78, 5) is 12.3. The van der Waals surface area contributed by atoms with Crippen LogP contribution in [-0.4, -0.2) is 22.2 Å². The molecule has 0 radical (unpaired) electrons. The van der Waals surface area contributed by atoms with E-state index in [0.29, 0.717) is 5.56 Å². The Labute approximate surface area is 122 Å². The lowest BCUT2D eigenvalue weighted by molar-refractivity contribution is -0.00294. The number of aryl methyl sites for hydroxylation is 1. The van der Waals surface area contributed by atoms with Gasteiger partial charge in [0, 0.05) is 3.57 Å². The second-order valence-electron chi connectivity index (χ2n) is 5.57. The quantitative estimate of drug-likeness (QED) is 0.814. The molecule has 0 aliphatic heterocycles. The smallest absolute Gasteiger partial charge is 0.252 e. The molecule has 0 unspecified atom stereocenters. The second kappa shape index (κ2) is 5.17. The van der Waals surface area contributed by atoms with Crippen LogP contribution in [0.5, 0.6) is 0 Å². The minimum Gasteiger partial charge on any atom is -0.388 e. The largest absolute Gasteiger partial charge is 0.388 e. The fourth-order valence-corrected chi connectivity index (χ4v) is 1.93. The highest BCUT2D eigenvalue weighted by Gasteiger charge is 2.36. The van der Waals surface area contributed by atoms with E-state index in [1.807, 2.05) is 32.9 Å². The molecular weight excluding hydrogens is 341 g/mol. The van der Waals surface area contributed by atoms with Gasteiger partial charge in [-0.1, -0.05) is 12.1 Å². The summed E-state index contributed by atoms with van der Waals surface area (Å²) in [6.07, 6.45) is 0. The van der Waals surface area contributed by atoms with E-state index < -0.39 is 11.1 Å². The zero-order chi connectivity index (χ0) is 14.1. The molecule has 4 heteroatoms.